The zero-order valence-electron chi connectivity index (χ0n) is 11.8. The van der Waals surface area contributed by atoms with Crippen molar-refractivity contribution in [1.82, 2.24) is 0 Å². The number of nitrogens with zero attached hydrogens (tertiary/aromatic N) is 1. The molecule has 2 rings (SSSR count). The first kappa shape index (κ1) is 13.9. The molecular weight excluding hydrogens is 242 g/mol. The molecule has 1 heteroatoms. The van der Waals surface area contributed by atoms with Crippen molar-refractivity contribution in [3.8, 4) is 11.1 Å². The number of benzene rings is 2. The topological polar surface area (TPSA) is 3.24 Å². The fourth-order valence-electron chi connectivity index (χ4n) is 2.11. The van der Waals surface area contributed by atoms with Crippen LogP contribution in [0.25, 0.3) is 11.1 Å². The lowest BCUT2D eigenvalue weighted by Crippen LogP contribution is -2.14. The standard InChI is InChI=1S/C19H19N/c1-4-10-18(5-2)20(3)19-14-9-13-17(15-19)16-11-7-6-8-12-16/h4-15H,1-2H2,3H3/b18-10+. The van der Waals surface area contributed by atoms with Gasteiger partial charge in [-0.1, -0.05) is 61.7 Å². The van der Waals surface area contributed by atoms with Crippen molar-refractivity contribution in [2.45, 2.75) is 0 Å². The van der Waals surface area contributed by atoms with Gasteiger partial charge in [0.25, 0.3) is 0 Å². The van der Waals surface area contributed by atoms with E-state index in [0.717, 1.165) is 11.4 Å². The summed E-state index contributed by atoms with van der Waals surface area (Å²) in [4.78, 5) is 2.10. The molecule has 0 spiro atoms. The Morgan fingerprint density at radius 2 is 1.65 bits per heavy atom. The highest BCUT2D eigenvalue weighted by atomic mass is 15.1. The third kappa shape index (κ3) is 3.07. The lowest BCUT2D eigenvalue weighted by molar-refractivity contribution is 1.14. The molecule has 2 aromatic rings. The zero-order chi connectivity index (χ0) is 14.4. The van der Waals surface area contributed by atoms with Crippen LogP contribution in [0, 0.1) is 0 Å². The van der Waals surface area contributed by atoms with E-state index in [0.29, 0.717) is 0 Å². The second kappa shape index (κ2) is 6.58. The molecule has 0 bridgehead atoms. The Bertz CT molecular complexity index is 623. The molecule has 0 aliphatic heterocycles. The summed E-state index contributed by atoms with van der Waals surface area (Å²) in [6.45, 7) is 7.59. The minimum Gasteiger partial charge on any atom is -0.345 e. The second-order valence-corrected chi connectivity index (χ2v) is 4.51. The molecule has 0 heterocycles. The summed E-state index contributed by atoms with van der Waals surface area (Å²) in [5.41, 5.74) is 4.57. The van der Waals surface area contributed by atoms with E-state index in [1.807, 2.05) is 25.3 Å². The molecule has 100 valence electrons. The average Bonchev–Trinajstić information content (AvgIpc) is 2.53. The number of hydrogen-bond acceptors (Lipinski definition) is 1. The molecular formula is C19H19N. The molecule has 0 aliphatic rings. The summed E-state index contributed by atoms with van der Waals surface area (Å²) in [6.07, 6.45) is 5.55. The van der Waals surface area contributed by atoms with Gasteiger partial charge in [-0.3, -0.25) is 0 Å². The van der Waals surface area contributed by atoms with Crippen LogP contribution in [0.15, 0.2) is 91.7 Å². The summed E-state index contributed by atoms with van der Waals surface area (Å²) in [6, 6.07) is 18.8. The molecule has 20 heavy (non-hydrogen) atoms. The van der Waals surface area contributed by atoms with Crippen molar-refractivity contribution in [3.05, 3.63) is 91.7 Å². The summed E-state index contributed by atoms with van der Waals surface area (Å²) in [7, 11) is 2.03. The predicted molar refractivity (Wildman–Crippen MR) is 88.8 cm³/mol. The molecule has 0 saturated heterocycles. The normalized spacial score (nSPS) is 10.9. The van der Waals surface area contributed by atoms with Crippen LogP contribution in [0.3, 0.4) is 0 Å². The Kier molecular flexibility index (Phi) is 4.56. The summed E-state index contributed by atoms with van der Waals surface area (Å²) in [5.74, 6) is 0. The van der Waals surface area contributed by atoms with Gasteiger partial charge in [-0.15, -0.1) is 0 Å². The van der Waals surface area contributed by atoms with Crippen LogP contribution >= 0.6 is 0 Å². The van der Waals surface area contributed by atoms with E-state index in [2.05, 4.69) is 66.6 Å². The van der Waals surface area contributed by atoms with Crippen LogP contribution in [0.5, 0.6) is 0 Å². The van der Waals surface area contributed by atoms with Crippen molar-refractivity contribution >= 4 is 5.69 Å². The maximum Gasteiger partial charge on any atom is 0.0414 e. The Morgan fingerprint density at radius 3 is 2.30 bits per heavy atom. The van der Waals surface area contributed by atoms with E-state index in [1.54, 1.807) is 6.08 Å². The monoisotopic (exact) mass is 261 g/mol. The minimum absolute atomic E-state index is 1.02. The van der Waals surface area contributed by atoms with Gasteiger partial charge in [0.1, 0.15) is 0 Å². The third-order valence-corrected chi connectivity index (χ3v) is 3.23. The van der Waals surface area contributed by atoms with E-state index < -0.39 is 0 Å². The molecule has 0 atom stereocenters. The van der Waals surface area contributed by atoms with Gasteiger partial charge in [0.15, 0.2) is 0 Å². The summed E-state index contributed by atoms with van der Waals surface area (Å²) >= 11 is 0. The molecule has 2 aromatic carbocycles. The van der Waals surface area contributed by atoms with Gasteiger partial charge in [-0.25, -0.2) is 0 Å². The van der Waals surface area contributed by atoms with Gasteiger partial charge in [-0.05, 0) is 35.4 Å². The molecule has 0 aliphatic carbocycles. The molecule has 0 saturated carbocycles. The van der Waals surface area contributed by atoms with Crippen LogP contribution < -0.4 is 4.90 Å². The molecule has 0 radical (unpaired) electrons. The van der Waals surface area contributed by atoms with E-state index in [4.69, 9.17) is 0 Å². The SMILES string of the molecule is C=C/C=C(\C=C)N(C)c1cccc(-c2ccccc2)c1. The molecule has 0 N–H and O–H groups in total. The largest absolute Gasteiger partial charge is 0.345 e. The third-order valence-electron chi connectivity index (χ3n) is 3.23. The summed E-state index contributed by atoms with van der Waals surface area (Å²) < 4.78 is 0. The number of hydrogen-bond donors (Lipinski definition) is 0. The van der Waals surface area contributed by atoms with Crippen LogP contribution in [-0.2, 0) is 0 Å². The van der Waals surface area contributed by atoms with E-state index in [9.17, 15) is 0 Å². The lowest BCUT2D eigenvalue weighted by Gasteiger charge is -2.21. The molecule has 0 fully saturated rings. The van der Waals surface area contributed by atoms with Crippen molar-refractivity contribution in [2.24, 2.45) is 0 Å². The maximum atomic E-state index is 3.85. The smallest absolute Gasteiger partial charge is 0.0414 e. The number of rotatable bonds is 5. The fraction of sp³-hybridized carbons (Fsp3) is 0.0526. The highest BCUT2D eigenvalue weighted by molar-refractivity contribution is 5.69. The van der Waals surface area contributed by atoms with Crippen LogP contribution in [0.4, 0.5) is 5.69 Å². The first-order valence-electron chi connectivity index (χ1n) is 6.60. The Labute approximate surface area is 121 Å². The first-order valence-corrected chi connectivity index (χ1v) is 6.60. The molecule has 0 amide bonds. The molecule has 1 nitrogen and oxygen atoms in total. The van der Waals surface area contributed by atoms with Gasteiger partial charge in [0, 0.05) is 18.4 Å². The number of allylic oxidation sites excluding steroid dienone is 3. The number of likely N-dealkylation sites (N-methyl/N-ethyl adjacent to an activating group) is 1. The van der Waals surface area contributed by atoms with Crippen molar-refractivity contribution < 1.29 is 0 Å². The predicted octanol–water partition coefficient (Wildman–Crippen LogP) is 5.05. The molecule has 0 unspecified atom stereocenters. The Morgan fingerprint density at radius 1 is 0.950 bits per heavy atom. The first-order chi connectivity index (χ1) is 9.76. The lowest BCUT2D eigenvalue weighted by atomic mass is 10.0. The van der Waals surface area contributed by atoms with Crippen LogP contribution in [0.2, 0.25) is 0 Å². The van der Waals surface area contributed by atoms with Gasteiger partial charge in [0.2, 0.25) is 0 Å². The highest BCUT2D eigenvalue weighted by Gasteiger charge is 2.05. The van der Waals surface area contributed by atoms with Crippen molar-refractivity contribution in [3.63, 3.8) is 0 Å². The Balaban J connectivity index is 2.37. The fourth-order valence-corrected chi connectivity index (χ4v) is 2.11. The summed E-state index contributed by atoms with van der Waals surface area (Å²) in [5, 5.41) is 0. The Hall–Kier alpha value is -2.54. The second-order valence-electron chi connectivity index (χ2n) is 4.51. The minimum atomic E-state index is 1.02. The van der Waals surface area contributed by atoms with Gasteiger partial charge < -0.3 is 4.90 Å². The average molecular weight is 261 g/mol. The van der Waals surface area contributed by atoms with Crippen LogP contribution in [0.1, 0.15) is 0 Å². The van der Waals surface area contributed by atoms with Crippen LogP contribution in [-0.4, -0.2) is 7.05 Å². The maximum absolute atomic E-state index is 3.85. The van der Waals surface area contributed by atoms with Gasteiger partial charge >= 0.3 is 0 Å². The zero-order valence-corrected chi connectivity index (χ0v) is 11.8. The highest BCUT2D eigenvalue weighted by Crippen LogP contribution is 2.25. The van der Waals surface area contributed by atoms with Gasteiger partial charge in [-0.2, -0.15) is 0 Å². The van der Waals surface area contributed by atoms with Gasteiger partial charge in [0.05, 0.1) is 0 Å². The van der Waals surface area contributed by atoms with E-state index in [-0.39, 0.29) is 0 Å². The van der Waals surface area contributed by atoms with Crippen molar-refractivity contribution in [2.75, 3.05) is 11.9 Å². The molecule has 0 aromatic heterocycles. The quantitative estimate of drug-likeness (QED) is 0.681. The van der Waals surface area contributed by atoms with Crippen molar-refractivity contribution in [1.29, 1.82) is 0 Å². The van der Waals surface area contributed by atoms with E-state index >= 15 is 0 Å². The number of anilines is 1. The van der Waals surface area contributed by atoms with E-state index in [1.165, 1.54) is 11.1 Å².